The summed E-state index contributed by atoms with van der Waals surface area (Å²) in [5.74, 6) is -0.600. The van der Waals surface area contributed by atoms with Gasteiger partial charge < -0.3 is 4.74 Å². The van der Waals surface area contributed by atoms with Crippen LogP contribution in [0, 0.1) is 0 Å². The monoisotopic (exact) mass is 317 g/mol. The first-order valence-corrected chi connectivity index (χ1v) is 7.76. The van der Waals surface area contributed by atoms with E-state index in [9.17, 15) is 9.59 Å². The van der Waals surface area contributed by atoms with E-state index in [1.807, 2.05) is 48.5 Å². The van der Waals surface area contributed by atoms with Crippen LogP contribution in [0.1, 0.15) is 22.1 Å². The van der Waals surface area contributed by atoms with Crippen molar-refractivity contribution in [1.82, 2.24) is 4.90 Å². The van der Waals surface area contributed by atoms with Crippen LogP contribution in [0.4, 0.5) is 0 Å². The lowest BCUT2D eigenvalue weighted by Crippen LogP contribution is -2.31. The molecule has 0 aromatic heterocycles. The van der Waals surface area contributed by atoms with E-state index in [4.69, 9.17) is 4.74 Å². The van der Waals surface area contributed by atoms with Crippen molar-refractivity contribution >= 4 is 22.6 Å². The summed E-state index contributed by atoms with van der Waals surface area (Å²) >= 11 is 0. The molecule has 0 saturated carbocycles. The van der Waals surface area contributed by atoms with Crippen molar-refractivity contribution in [3.05, 3.63) is 83.9 Å². The van der Waals surface area contributed by atoms with Crippen LogP contribution in [0.15, 0.2) is 72.8 Å². The summed E-state index contributed by atoms with van der Waals surface area (Å²) in [7, 11) is 0. The number of nitrogens with zero attached hydrogens (tertiary/aromatic N) is 1. The largest absolute Gasteiger partial charge is 0.436 e. The molecular formula is C20H15NO3. The third-order valence-electron chi connectivity index (χ3n) is 4.17. The normalized spacial score (nSPS) is 17.1. The number of fused-ring (bicyclic) bond motifs is 1. The summed E-state index contributed by atoms with van der Waals surface area (Å²) in [6.45, 7) is -0.0365. The van der Waals surface area contributed by atoms with Gasteiger partial charge in [-0.05, 0) is 29.0 Å². The molecule has 3 aromatic rings. The second-order valence-electron chi connectivity index (χ2n) is 5.75. The van der Waals surface area contributed by atoms with Crippen LogP contribution in [0.3, 0.4) is 0 Å². The molecule has 0 bridgehead atoms. The Hall–Kier alpha value is -3.14. The zero-order valence-corrected chi connectivity index (χ0v) is 12.9. The number of rotatable bonds is 2. The number of hydrogen-bond donors (Lipinski definition) is 0. The minimum absolute atomic E-state index is 0.0365. The van der Waals surface area contributed by atoms with E-state index in [1.54, 1.807) is 24.3 Å². The molecule has 4 nitrogen and oxygen atoms in total. The van der Waals surface area contributed by atoms with Crippen molar-refractivity contribution in [1.29, 1.82) is 0 Å². The molecule has 1 saturated heterocycles. The number of hydrogen-bond acceptors (Lipinski definition) is 3. The highest BCUT2D eigenvalue weighted by molar-refractivity contribution is 5.97. The van der Waals surface area contributed by atoms with E-state index in [2.05, 4.69) is 0 Å². The van der Waals surface area contributed by atoms with Crippen LogP contribution in [-0.2, 0) is 9.53 Å². The number of benzene rings is 3. The third kappa shape index (κ3) is 2.52. The van der Waals surface area contributed by atoms with Crippen molar-refractivity contribution in [2.24, 2.45) is 0 Å². The number of ether oxygens (including phenoxy) is 1. The average Bonchev–Trinajstić information content (AvgIpc) is 3.03. The molecule has 1 atom stereocenters. The number of carbonyl (C=O) groups excluding carboxylic acids is 2. The SMILES string of the molecule is O=C1CN(C(=O)c2ccccc2)C(c2ccc3ccccc3c2)O1. The van der Waals surface area contributed by atoms with E-state index in [-0.39, 0.29) is 12.5 Å². The summed E-state index contributed by atoms with van der Waals surface area (Å²) < 4.78 is 5.42. The molecule has 1 fully saturated rings. The fourth-order valence-electron chi connectivity index (χ4n) is 2.98. The highest BCUT2D eigenvalue weighted by Crippen LogP contribution is 2.31. The van der Waals surface area contributed by atoms with Crippen LogP contribution in [0.25, 0.3) is 10.8 Å². The van der Waals surface area contributed by atoms with Gasteiger partial charge in [0.1, 0.15) is 6.54 Å². The Balaban J connectivity index is 1.71. The van der Waals surface area contributed by atoms with Gasteiger partial charge in [0, 0.05) is 11.1 Å². The number of esters is 1. The van der Waals surface area contributed by atoms with Crippen molar-refractivity contribution in [2.45, 2.75) is 6.23 Å². The Morgan fingerprint density at radius 1 is 0.917 bits per heavy atom. The number of cyclic esters (lactones) is 1. The number of carbonyl (C=O) groups is 2. The molecule has 4 rings (SSSR count). The van der Waals surface area contributed by atoms with Crippen LogP contribution >= 0.6 is 0 Å². The van der Waals surface area contributed by atoms with Gasteiger partial charge >= 0.3 is 5.97 Å². The van der Waals surface area contributed by atoms with Gasteiger partial charge in [-0.3, -0.25) is 14.5 Å². The van der Waals surface area contributed by atoms with Gasteiger partial charge in [0.2, 0.25) is 6.23 Å². The molecule has 0 aliphatic carbocycles. The summed E-state index contributed by atoms with van der Waals surface area (Å²) in [4.78, 5) is 26.0. The topological polar surface area (TPSA) is 46.6 Å². The minimum Gasteiger partial charge on any atom is -0.436 e. The lowest BCUT2D eigenvalue weighted by Gasteiger charge is -2.22. The van der Waals surface area contributed by atoms with Crippen molar-refractivity contribution in [2.75, 3.05) is 6.54 Å². The third-order valence-corrected chi connectivity index (χ3v) is 4.17. The van der Waals surface area contributed by atoms with Crippen LogP contribution in [0.5, 0.6) is 0 Å². The smallest absolute Gasteiger partial charge is 0.327 e. The maximum atomic E-state index is 12.7. The molecule has 4 heteroatoms. The van der Waals surface area contributed by atoms with Crippen LogP contribution < -0.4 is 0 Å². The Kier molecular flexibility index (Phi) is 3.50. The fourth-order valence-corrected chi connectivity index (χ4v) is 2.98. The quantitative estimate of drug-likeness (QED) is 0.679. The number of amides is 1. The Labute approximate surface area is 139 Å². The van der Waals surface area contributed by atoms with E-state index < -0.39 is 12.2 Å². The Bertz CT molecular complexity index is 920. The van der Waals surface area contributed by atoms with E-state index in [0.29, 0.717) is 5.56 Å². The zero-order valence-electron chi connectivity index (χ0n) is 12.9. The molecule has 0 spiro atoms. The first kappa shape index (κ1) is 14.5. The van der Waals surface area contributed by atoms with Crippen molar-refractivity contribution in [3.8, 4) is 0 Å². The average molecular weight is 317 g/mol. The van der Waals surface area contributed by atoms with Gasteiger partial charge in [0.05, 0.1) is 0 Å². The molecule has 1 heterocycles. The molecular weight excluding hydrogens is 302 g/mol. The van der Waals surface area contributed by atoms with Gasteiger partial charge in [-0.2, -0.15) is 0 Å². The molecule has 24 heavy (non-hydrogen) atoms. The van der Waals surface area contributed by atoms with Gasteiger partial charge in [-0.1, -0.05) is 54.6 Å². The zero-order chi connectivity index (χ0) is 16.5. The Morgan fingerprint density at radius 3 is 2.42 bits per heavy atom. The molecule has 3 aromatic carbocycles. The maximum Gasteiger partial charge on any atom is 0.327 e. The second kappa shape index (κ2) is 5.81. The summed E-state index contributed by atoms with van der Waals surface area (Å²) in [5.41, 5.74) is 1.34. The van der Waals surface area contributed by atoms with Gasteiger partial charge in [0.15, 0.2) is 0 Å². The maximum absolute atomic E-state index is 12.7. The van der Waals surface area contributed by atoms with Gasteiger partial charge in [-0.15, -0.1) is 0 Å². The summed E-state index contributed by atoms with van der Waals surface area (Å²) in [5, 5.41) is 2.15. The highest BCUT2D eigenvalue weighted by atomic mass is 16.6. The minimum atomic E-state index is -0.685. The predicted octanol–water partition coefficient (Wildman–Crippen LogP) is 3.54. The molecule has 1 aliphatic rings. The lowest BCUT2D eigenvalue weighted by molar-refractivity contribution is -0.141. The van der Waals surface area contributed by atoms with Crippen LogP contribution in [0.2, 0.25) is 0 Å². The van der Waals surface area contributed by atoms with Gasteiger partial charge in [0.25, 0.3) is 5.91 Å². The highest BCUT2D eigenvalue weighted by Gasteiger charge is 2.37. The second-order valence-corrected chi connectivity index (χ2v) is 5.75. The Morgan fingerprint density at radius 2 is 1.62 bits per heavy atom. The summed E-state index contributed by atoms with van der Waals surface area (Å²) in [6, 6.07) is 22.7. The molecule has 118 valence electrons. The lowest BCUT2D eigenvalue weighted by atomic mass is 10.1. The molecule has 1 amide bonds. The predicted molar refractivity (Wildman–Crippen MR) is 90.3 cm³/mol. The molecule has 1 unspecified atom stereocenters. The molecule has 1 aliphatic heterocycles. The van der Waals surface area contributed by atoms with Crippen molar-refractivity contribution in [3.63, 3.8) is 0 Å². The first-order chi connectivity index (χ1) is 11.7. The first-order valence-electron chi connectivity index (χ1n) is 7.76. The molecule has 0 radical (unpaired) electrons. The summed E-state index contributed by atoms with van der Waals surface area (Å²) in [6.07, 6.45) is -0.685. The van der Waals surface area contributed by atoms with E-state index in [0.717, 1.165) is 16.3 Å². The van der Waals surface area contributed by atoms with Crippen LogP contribution in [-0.4, -0.2) is 23.3 Å². The molecule has 0 N–H and O–H groups in total. The van der Waals surface area contributed by atoms with E-state index in [1.165, 1.54) is 4.90 Å². The van der Waals surface area contributed by atoms with E-state index >= 15 is 0 Å². The van der Waals surface area contributed by atoms with Gasteiger partial charge in [-0.25, -0.2) is 0 Å². The fraction of sp³-hybridized carbons (Fsp3) is 0.100. The standard InChI is InChI=1S/C20H15NO3/c22-18-13-21(19(23)15-7-2-1-3-8-15)20(24-18)17-11-10-14-6-4-5-9-16(14)12-17/h1-12,20H,13H2. The van der Waals surface area contributed by atoms with Crippen molar-refractivity contribution < 1.29 is 14.3 Å².